The number of aliphatic carboxylic acids is 1. The minimum Gasteiger partial charge on any atom is -0.481 e. The minimum absolute atomic E-state index is 0.00745. The number of rotatable bonds is 7. The van der Waals surface area contributed by atoms with Gasteiger partial charge in [-0.15, -0.1) is 0 Å². The van der Waals surface area contributed by atoms with Crippen LogP contribution < -0.4 is 10.6 Å². The maximum Gasteiger partial charge on any atom is 0.315 e. The Morgan fingerprint density at radius 1 is 1.38 bits per heavy atom. The molecule has 0 aromatic heterocycles. The molecule has 1 aromatic rings. The molecular weight excluding hydrogens is 278 g/mol. The minimum atomic E-state index is -0.999. The summed E-state index contributed by atoms with van der Waals surface area (Å²) in [5.41, 5.74) is 0.305. The molecule has 0 aliphatic carbocycles. The molecule has 3 N–H and O–H groups in total. The summed E-state index contributed by atoms with van der Waals surface area (Å²) in [5, 5.41) is 24.5. The molecule has 0 saturated heterocycles. The monoisotopic (exact) mass is 295 g/mol. The van der Waals surface area contributed by atoms with Crippen molar-refractivity contribution in [3.8, 4) is 0 Å². The molecule has 0 radical (unpaired) electrons. The van der Waals surface area contributed by atoms with Crippen molar-refractivity contribution < 1.29 is 19.6 Å². The maximum absolute atomic E-state index is 11.7. The van der Waals surface area contributed by atoms with E-state index < -0.39 is 23.0 Å². The third-order valence-corrected chi connectivity index (χ3v) is 2.88. The van der Waals surface area contributed by atoms with Crippen LogP contribution in [0.2, 0.25) is 0 Å². The van der Waals surface area contributed by atoms with Crippen LogP contribution in [0.5, 0.6) is 0 Å². The number of nitrogens with one attached hydrogen (secondary N) is 2. The Morgan fingerprint density at radius 2 is 2.05 bits per heavy atom. The lowest BCUT2D eigenvalue weighted by Gasteiger charge is -2.15. The van der Waals surface area contributed by atoms with E-state index in [1.54, 1.807) is 25.1 Å². The van der Waals surface area contributed by atoms with Crippen LogP contribution >= 0.6 is 0 Å². The molecule has 0 bridgehead atoms. The molecule has 8 heteroatoms. The molecule has 0 aliphatic heterocycles. The standard InChI is InChI=1S/C13H17N3O5/c1-2-10(7-12(17)18)15-13(19)14-8-9-5-3-4-6-11(9)16(20)21/h3-6,10H,2,7-8H2,1H3,(H,17,18)(H2,14,15,19). The number of nitrogens with zero attached hydrogens (tertiary/aromatic N) is 1. The van der Waals surface area contributed by atoms with Crippen molar-refractivity contribution in [3.05, 3.63) is 39.9 Å². The number of carboxylic acid groups (broad SMARTS) is 1. The molecule has 0 aliphatic rings. The van der Waals surface area contributed by atoms with Crippen molar-refractivity contribution in [3.63, 3.8) is 0 Å². The van der Waals surface area contributed by atoms with Gasteiger partial charge in [0.25, 0.3) is 5.69 Å². The fourth-order valence-corrected chi connectivity index (χ4v) is 1.76. The Balaban J connectivity index is 2.57. The summed E-state index contributed by atoms with van der Waals surface area (Å²) < 4.78 is 0. The zero-order valence-corrected chi connectivity index (χ0v) is 11.5. The summed E-state index contributed by atoms with van der Waals surface area (Å²) in [7, 11) is 0. The molecule has 2 amide bonds. The smallest absolute Gasteiger partial charge is 0.315 e. The fraction of sp³-hybridized carbons (Fsp3) is 0.385. The van der Waals surface area contributed by atoms with E-state index in [1.165, 1.54) is 6.07 Å². The summed E-state index contributed by atoms with van der Waals surface area (Å²) >= 11 is 0. The number of carbonyl (C=O) groups excluding carboxylic acids is 1. The molecule has 8 nitrogen and oxygen atoms in total. The first-order valence-electron chi connectivity index (χ1n) is 6.42. The number of benzene rings is 1. The van der Waals surface area contributed by atoms with Crippen LogP contribution in [0.4, 0.5) is 10.5 Å². The second-order valence-electron chi connectivity index (χ2n) is 4.42. The highest BCUT2D eigenvalue weighted by Crippen LogP contribution is 2.16. The van der Waals surface area contributed by atoms with Crippen LogP contribution in [0.25, 0.3) is 0 Å². The van der Waals surface area contributed by atoms with Crippen LogP contribution in [-0.4, -0.2) is 28.1 Å². The summed E-state index contributed by atoms with van der Waals surface area (Å²) in [6.45, 7) is 1.75. The number of urea groups is 1. The molecule has 114 valence electrons. The van der Waals surface area contributed by atoms with Crippen molar-refractivity contribution in [2.24, 2.45) is 0 Å². The van der Waals surface area contributed by atoms with Crippen LogP contribution in [0.3, 0.4) is 0 Å². The normalized spacial score (nSPS) is 11.5. The molecule has 0 heterocycles. The zero-order chi connectivity index (χ0) is 15.8. The number of nitro groups is 1. The van der Waals surface area contributed by atoms with Gasteiger partial charge in [-0.3, -0.25) is 14.9 Å². The number of hydrogen-bond donors (Lipinski definition) is 3. The van der Waals surface area contributed by atoms with Gasteiger partial charge in [0.15, 0.2) is 0 Å². The number of amides is 2. The molecule has 1 atom stereocenters. The number of hydrogen-bond acceptors (Lipinski definition) is 4. The van der Waals surface area contributed by atoms with Gasteiger partial charge in [0.1, 0.15) is 0 Å². The third kappa shape index (κ3) is 5.47. The Kier molecular flexibility index (Phi) is 6.12. The zero-order valence-electron chi connectivity index (χ0n) is 11.5. The van der Waals surface area contributed by atoms with E-state index in [0.29, 0.717) is 12.0 Å². The van der Waals surface area contributed by atoms with Crippen LogP contribution in [0.1, 0.15) is 25.3 Å². The topological polar surface area (TPSA) is 122 Å². The Morgan fingerprint density at radius 3 is 2.62 bits per heavy atom. The fourth-order valence-electron chi connectivity index (χ4n) is 1.76. The van der Waals surface area contributed by atoms with Gasteiger partial charge >= 0.3 is 12.0 Å². The van der Waals surface area contributed by atoms with Crippen molar-refractivity contribution in [1.82, 2.24) is 10.6 Å². The second kappa shape index (κ2) is 7.83. The van der Waals surface area contributed by atoms with E-state index >= 15 is 0 Å². The van der Waals surface area contributed by atoms with Gasteiger partial charge in [0.05, 0.1) is 17.9 Å². The van der Waals surface area contributed by atoms with E-state index in [0.717, 1.165) is 0 Å². The predicted octanol–water partition coefficient (Wildman–Crippen LogP) is 1.65. The number of carbonyl (C=O) groups is 2. The maximum atomic E-state index is 11.7. The summed E-state index contributed by atoms with van der Waals surface area (Å²) in [6.07, 6.45) is 0.306. The van der Waals surface area contributed by atoms with E-state index in [1.807, 2.05) is 0 Å². The Hall–Kier alpha value is -2.64. The second-order valence-corrected chi connectivity index (χ2v) is 4.42. The molecular formula is C13H17N3O5. The lowest BCUT2D eigenvalue weighted by molar-refractivity contribution is -0.385. The third-order valence-electron chi connectivity index (χ3n) is 2.88. The van der Waals surface area contributed by atoms with Crippen LogP contribution in [0, 0.1) is 10.1 Å². The van der Waals surface area contributed by atoms with Gasteiger partial charge in [-0.25, -0.2) is 4.79 Å². The number of para-hydroxylation sites is 1. The number of carboxylic acids is 1. The number of nitro benzene ring substituents is 1. The first-order chi connectivity index (χ1) is 9.93. The molecule has 0 fully saturated rings. The van der Waals surface area contributed by atoms with Crippen molar-refractivity contribution >= 4 is 17.7 Å². The van der Waals surface area contributed by atoms with E-state index in [-0.39, 0.29) is 18.7 Å². The molecule has 1 rings (SSSR count). The first kappa shape index (κ1) is 16.4. The average Bonchev–Trinajstić information content (AvgIpc) is 2.44. The Labute approximate surface area is 121 Å². The molecule has 1 unspecified atom stereocenters. The van der Waals surface area contributed by atoms with Crippen LogP contribution in [0.15, 0.2) is 24.3 Å². The lowest BCUT2D eigenvalue weighted by Crippen LogP contribution is -2.42. The Bertz CT molecular complexity index is 532. The van der Waals surface area contributed by atoms with Gasteiger partial charge in [-0.1, -0.05) is 25.1 Å². The van der Waals surface area contributed by atoms with Gasteiger partial charge in [-0.05, 0) is 6.42 Å². The summed E-state index contributed by atoms with van der Waals surface area (Å²) in [5.74, 6) is -0.999. The molecule has 21 heavy (non-hydrogen) atoms. The van der Waals surface area contributed by atoms with Gasteiger partial charge in [-0.2, -0.15) is 0 Å². The highest BCUT2D eigenvalue weighted by atomic mass is 16.6. The van der Waals surface area contributed by atoms with E-state index in [2.05, 4.69) is 10.6 Å². The highest BCUT2D eigenvalue weighted by Gasteiger charge is 2.16. The molecule has 1 aromatic carbocycles. The van der Waals surface area contributed by atoms with Gasteiger partial charge < -0.3 is 15.7 Å². The molecule has 0 spiro atoms. The van der Waals surface area contributed by atoms with E-state index in [9.17, 15) is 19.7 Å². The van der Waals surface area contributed by atoms with Crippen molar-refractivity contribution in [2.75, 3.05) is 0 Å². The summed E-state index contributed by atoms with van der Waals surface area (Å²) in [6, 6.07) is 5.05. The highest BCUT2D eigenvalue weighted by molar-refractivity contribution is 5.75. The predicted molar refractivity (Wildman–Crippen MR) is 74.8 cm³/mol. The van der Waals surface area contributed by atoms with Crippen molar-refractivity contribution in [2.45, 2.75) is 32.4 Å². The van der Waals surface area contributed by atoms with Crippen LogP contribution in [-0.2, 0) is 11.3 Å². The first-order valence-corrected chi connectivity index (χ1v) is 6.42. The van der Waals surface area contributed by atoms with Gasteiger partial charge in [0, 0.05) is 17.7 Å². The largest absolute Gasteiger partial charge is 0.481 e. The summed E-state index contributed by atoms with van der Waals surface area (Å²) in [4.78, 5) is 32.6. The molecule has 0 saturated carbocycles. The SMILES string of the molecule is CCC(CC(=O)O)NC(=O)NCc1ccccc1[N+](=O)[O-]. The van der Waals surface area contributed by atoms with Gasteiger partial charge in [0.2, 0.25) is 0 Å². The quantitative estimate of drug-likeness (QED) is 0.521. The average molecular weight is 295 g/mol. The van der Waals surface area contributed by atoms with Crippen molar-refractivity contribution in [1.29, 1.82) is 0 Å². The lowest BCUT2D eigenvalue weighted by atomic mass is 10.1. The van der Waals surface area contributed by atoms with E-state index in [4.69, 9.17) is 5.11 Å².